The molecule has 0 saturated carbocycles. The van der Waals surface area contributed by atoms with Crippen LogP contribution in [0.1, 0.15) is 19.3 Å². The molecule has 17 heavy (non-hydrogen) atoms. The third-order valence-corrected chi connectivity index (χ3v) is 3.41. The zero-order chi connectivity index (χ0) is 12.1. The Hall–Kier alpha value is -1.29. The van der Waals surface area contributed by atoms with Crippen LogP contribution in [0.4, 0.5) is 5.82 Å². The minimum Gasteiger partial charge on any atom is -0.495 e. The van der Waals surface area contributed by atoms with Crippen LogP contribution >= 0.6 is 0 Å². The summed E-state index contributed by atoms with van der Waals surface area (Å²) < 4.78 is 5.12. The lowest BCUT2D eigenvalue weighted by Crippen LogP contribution is -2.32. The van der Waals surface area contributed by atoms with Gasteiger partial charge in [0.15, 0.2) is 0 Å². The molecule has 0 radical (unpaired) electrons. The molecule has 1 aromatic rings. The summed E-state index contributed by atoms with van der Waals surface area (Å²) in [6, 6.07) is 4.58. The molecule has 0 bridgehead atoms. The Kier molecular flexibility index (Phi) is 4.20. The van der Waals surface area contributed by atoms with E-state index in [-0.39, 0.29) is 0 Å². The molecule has 0 aliphatic carbocycles. The first kappa shape index (κ1) is 12.2. The number of anilines is 1. The van der Waals surface area contributed by atoms with E-state index in [4.69, 9.17) is 4.74 Å². The number of hydrogen-bond donors (Lipinski definition) is 1. The van der Waals surface area contributed by atoms with Crippen LogP contribution in [0.5, 0.6) is 5.75 Å². The molecule has 94 valence electrons. The SMILES string of the molecule is COc1ccc(N(C)C2CCCNCC2)nc1. The molecule has 1 N–H and O–H groups in total. The third-order valence-electron chi connectivity index (χ3n) is 3.41. The minimum absolute atomic E-state index is 0.589. The molecule has 1 unspecified atom stereocenters. The quantitative estimate of drug-likeness (QED) is 0.864. The Morgan fingerprint density at radius 1 is 1.35 bits per heavy atom. The molecule has 0 amide bonds. The summed E-state index contributed by atoms with van der Waals surface area (Å²) in [6.07, 6.45) is 5.44. The van der Waals surface area contributed by atoms with Gasteiger partial charge >= 0.3 is 0 Å². The average Bonchev–Trinajstić information content (AvgIpc) is 2.67. The maximum Gasteiger partial charge on any atom is 0.137 e. The maximum atomic E-state index is 5.12. The van der Waals surface area contributed by atoms with Gasteiger partial charge in [-0.25, -0.2) is 4.98 Å². The van der Waals surface area contributed by atoms with Gasteiger partial charge in [-0.15, -0.1) is 0 Å². The molecule has 0 spiro atoms. The van der Waals surface area contributed by atoms with Crippen molar-refractivity contribution in [1.82, 2.24) is 10.3 Å². The predicted octanol–water partition coefficient (Wildman–Crippen LogP) is 1.67. The first-order valence-corrected chi connectivity index (χ1v) is 6.25. The largest absolute Gasteiger partial charge is 0.495 e. The highest BCUT2D eigenvalue weighted by molar-refractivity contribution is 5.41. The number of pyridine rings is 1. The Balaban J connectivity index is 2.03. The Morgan fingerprint density at radius 3 is 2.94 bits per heavy atom. The molecule has 1 aliphatic rings. The van der Waals surface area contributed by atoms with Gasteiger partial charge in [0.05, 0.1) is 13.3 Å². The van der Waals surface area contributed by atoms with E-state index in [2.05, 4.69) is 22.2 Å². The zero-order valence-electron chi connectivity index (χ0n) is 10.6. The molecule has 2 heterocycles. The molecule has 2 rings (SSSR count). The van der Waals surface area contributed by atoms with Gasteiger partial charge in [0.2, 0.25) is 0 Å². The molecule has 1 aromatic heterocycles. The van der Waals surface area contributed by atoms with Gasteiger partial charge in [0.25, 0.3) is 0 Å². The Morgan fingerprint density at radius 2 is 2.24 bits per heavy atom. The van der Waals surface area contributed by atoms with Crippen LogP contribution in [0.25, 0.3) is 0 Å². The highest BCUT2D eigenvalue weighted by Gasteiger charge is 2.17. The average molecular weight is 235 g/mol. The van der Waals surface area contributed by atoms with Gasteiger partial charge in [0.1, 0.15) is 11.6 Å². The lowest BCUT2D eigenvalue weighted by molar-refractivity contribution is 0.412. The van der Waals surface area contributed by atoms with Crippen LogP contribution in [0.15, 0.2) is 18.3 Å². The molecule has 0 aromatic carbocycles. The number of nitrogens with one attached hydrogen (secondary N) is 1. The minimum atomic E-state index is 0.589. The first-order valence-electron chi connectivity index (χ1n) is 6.25. The van der Waals surface area contributed by atoms with Crippen LogP contribution in [0.3, 0.4) is 0 Å². The van der Waals surface area contributed by atoms with E-state index in [1.807, 2.05) is 12.1 Å². The second-order valence-corrected chi connectivity index (χ2v) is 4.50. The van der Waals surface area contributed by atoms with E-state index in [0.29, 0.717) is 6.04 Å². The van der Waals surface area contributed by atoms with Crippen LogP contribution in [0, 0.1) is 0 Å². The molecule has 1 fully saturated rings. The number of ether oxygens (including phenoxy) is 1. The number of rotatable bonds is 3. The first-order chi connectivity index (χ1) is 8.31. The Bertz CT molecular complexity index is 331. The van der Waals surface area contributed by atoms with E-state index in [1.165, 1.54) is 19.3 Å². The summed E-state index contributed by atoms with van der Waals surface area (Å²) in [4.78, 5) is 6.72. The number of hydrogen-bond acceptors (Lipinski definition) is 4. The fourth-order valence-electron chi connectivity index (χ4n) is 2.28. The van der Waals surface area contributed by atoms with Crippen molar-refractivity contribution < 1.29 is 4.74 Å². The van der Waals surface area contributed by atoms with Crippen LogP contribution in [0.2, 0.25) is 0 Å². The fourth-order valence-corrected chi connectivity index (χ4v) is 2.28. The zero-order valence-corrected chi connectivity index (χ0v) is 10.6. The fraction of sp³-hybridized carbons (Fsp3) is 0.615. The summed E-state index contributed by atoms with van der Waals surface area (Å²) in [5, 5.41) is 3.43. The summed E-state index contributed by atoms with van der Waals surface area (Å²) in [7, 11) is 3.79. The Labute approximate surface area is 103 Å². The summed E-state index contributed by atoms with van der Waals surface area (Å²) in [6.45, 7) is 2.24. The van der Waals surface area contributed by atoms with Gasteiger partial charge in [0, 0.05) is 13.1 Å². The van der Waals surface area contributed by atoms with Gasteiger partial charge in [-0.3, -0.25) is 0 Å². The monoisotopic (exact) mass is 235 g/mol. The predicted molar refractivity (Wildman–Crippen MR) is 69.7 cm³/mol. The molecular weight excluding hydrogens is 214 g/mol. The normalized spacial score (nSPS) is 20.7. The maximum absolute atomic E-state index is 5.12. The van der Waals surface area contributed by atoms with Crippen molar-refractivity contribution in [3.8, 4) is 5.75 Å². The van der Waals surface area contributed by atoms with Crippen molar-refractivity contribution in [2.75, 3.05) is 32.1 Å². The van der Waals surface area contributed by atoms with Crippen molar-refractivity contribution in [3.05, 3.63) is 18.3 Å². The van der Waals surface area contributed by atoms with Crippen molar-refractivity contribution in [2.45, 2.75) is 25.3 Å². The highest BCUT2D eigenvalue weighted by Crippen LogP contribution is 2.20. The smallest absolute Gasteiger partial charge is 0.137 e. The standard InChI is InChI=1S/C13H21N3O/c1-16(11-4-3-8-14-9-7-11)13-6-5-12(17-2)10-15-13/h5-6,10-11,14H,3-4,7-9H2,1-2H3. The van der Waals surface area contributed by atoms with E-state index in [0.717, 1.165) is 24.7 Å². The van der Waals surface area contributed by atoms with Crippen molar-refractivity contribution in [1.29, 1.82) is 0 Å². The number of nitrogens with zero attached hydrogens (tertiary/aromatic N) is 2. The van der Waals surface area contributed by atoms with Gasteiger partial charge in [-0.2, -0.15) is 0 Å². The van der Waals surface area contributed by atoms with Gasteiger partial charge in [-0.1, -0.05) is 0 Å². The van der Waals surface area contributed by atoms with Crippen molar-refractivity contribution in [2.24, 2.45) is 0 Å². The molecule has 1 aliphatic heterocycles. The van der Waals surface area contributed by atoms with E-state index >= 15 is 0 Å². The lowest BCUT2D eigenvalue weighted by atomic mass is 10.1. The van der Waals surface area contributed by atoms with Crippen LogP contribution < -0.4 is 15.0 Å². The van der Waals surface area contributed by atoms with E-state index in [9.17, 15) is 0 Å². The second kappa shape index (κ2) is 5.87. The van der Waals surface area contributed by atoms with Gasteiger partial charge in [-0.05, 0) is 44.5 Å². The summed E-state index contributed by atoms with van der Waals surface area (Å²) in [5.41, 5.74) is 0. The third kappa shape index (κ3) is 3.09. The highest BCUT2D eigenvalue weighted by atomic mass is 16.5. The summed E-state index contributed by atoms with van der Waals surface area (Å²) >= 11 is 0. The topological polar surface area (TPSA) is 37.4 Å². The van der Waals surface area contributed by atoms with E-state index in [1.54, 1.807) is 13.3 Å². The molecule has 4 nitrogen and oxygen atoms in total. The molecule has 4 heteroatoms. The number of methoxy groups -OCH3 is 1. The van der Waals surface area contributed by atoms with Crippen LogP contribution in [-0.4, -0.2) is 38.3 Å². The van der Waals surface area contributed by atoms with Crippen molar-refractivity contribution >= 4 is 5.82 Å². The second-order valence-electron chi connectivity index (χ2n) is 4.50. The molecular formula is C13H21N3O. The number of aromatic nitrogens is 1. The van der Waals surface area contributed by atoms with Crippen LogP contribution in [-0.2, 0) is 0 Å². The van der Waals surface area contributed by atoms with Crippen molar-refractivity contribution in [3.63, 3.8) is 0 Å². The molecule has 1 saturated heterocycles. The van der Waals surface area contributed by atoms with Gasteiger partial charge < -0.3 is 15.0 Å². The lowest BCUT2D eigenvalue weighted by Gasteiger charge is -2.28. The summed E-state index contributed by atoms with van der Waals surface area (Å²) in [5.74, 6) is 1.84. The molecule has 1 atom stereocenters. The van der Waals surface area contributed by atoms with E-state index < -0.39 is 0 Å².